The number of carboxylic acids is 1. The van der Waals surface area contributed by atoms with Crippen molar-refractivity contribution in [2.75, 3.05) is 0 Å². The Morgan fingerprint density at radius 1 is 1.17 bits per heavy atom. The van der Waals surface area contributed by atoms with Gasteiger partial charge in [-0.25, -0.2) is 0 Å². The summed E-state index contributed by atoms with van der Waals surface area (Å²) < 4.78 is 5.60. The second kappa shape index (κ2) is 8.71. The zero-order chi connectivity index (χ0) is 17.5. The van der Waals surface area contributed by atoms with E-state index in [0.29, 0.717) is 0 Å². The molecule has 1 aromatic carbocycles. The first-order valence-corrected chi connectivity index (χ1v) is 8.74. The molecule has 1 aliphatic rings. The Hall–Kier alpha value is -2.04. The van der Waals surface area contributed by atoms with Gasteiger partial charge >= 0.3 is 5.97 Å². The van der Waals surface area contributed by atoms with E-state index in [1.54, 1.807) is 0 Å². The molecule has 0 bridgehead atoms. The monoisotopic (exact) mass is 333 g/mol. The lowest BCUT2D eigenvalue weighted by atomic mass is 9.88. The maximum absolute atomic E-state index is 12.4. The molecule has 0 spiro atoms. The van der Waals surface area contributed by atoms with Crippen molar-refractivity contribution in [2.24, 2.45) is 5.92 Å². The molecule has 0 aromatic heterocycles. The molecule has 0 heterocycles. The molecule has 1 fully saturated rings. The first kappa shape index (κ1) is 18.3. The number of carboxylic acid groups (broad SMARTS) is 1. The highest BCUT2D eigenvalue weighted by molar-refractivity contribution is 5.80. The quantitative estimate of drug-likeness (QED) is 0.798. The summed E-state index contributed by atoms with van der Waals surface area (Å²) in [5.41, 5.74) is 0.790. The molecule has 1 amide bonds. The topological polar surface area (TPSA) is 75.6 Å². The smallest absolute Gasteiger partial charge is 0.305 e. The first-order valence-electron chi connectivity index (χ1n) is 8.74. The number of nitrogens with one attached hydrogen (secondary N) is 1. The highest BCUT2D eigenvalue weighted by atomic mass is 16.5. The van der Waals surface area contributed by atoms with Crippen molar-refractivity contribution in [3.8, 4) is 5.75 Å². The Balaban J connectivity index is 2.06. The molecule has 1 aliphatic carbocycles. The van der Waals surface area contributed by atoms with E-state index in [1.165, 1.54) is 6.42 Å². The van der Waals surface area contributed by atoms with Gasteiger partial charge in [-0.1, -0.05) is 31.4 Å². The molecule has 1 saturated carbocycles. The van der Waals surface area contributed by atoms with Gasteiger partial charge in [-0.2, -0.15) is 0 Å². The minimum atomic E-state index is -0.925. The standard InChI is InChI=1S/C19H27NO4/c1-13(2)24-16-10-8-14(9-11-16)17(12-18(21)22)20-19(23)15-6-4-3-5-7-15/h8-11,13,15,17H,3-7,12H2,1-2H3,(H,20,23)(H,21,22). The molecule has 5 nitrogen and oxygen atoms in total. The van der Waals surface area contributed by atoms with E-state index in [2.05, 4.69) is 5.32 Å². The van der Waals surface area contributed by atoms with Gasteiger partial charge < -0.3 is 15.2 Å². The fourth-order valence-electron chi connectivity index (χ4n) is 3.13. The van der Waals surface area contributed by atoms with Gasteiger partial charge in [-0.05, 0) is 44.4 Å². The second-order valence-corrected chi connectivity index (χ2v) is 6.73. The van der Waals surface area contributed by atoms with Gasteiger partial charge in [-0.15, -0.1) is 0 Å². The van der Waals surface area contributed by atoms with E-state index in [-0.39, 0.29) is 24.3 Å². The molecular weight excluding hydrogens is 306 g/mol. The number of rotatable bonds is 7. The van der Waals surface area contributed by atoms with Crippen molar-refractivity contribution in [2.45, 2.75) is 64.5 Å². The molecule has 0 aliphatic heterocycles. The summed E-state index contributed by atoms with van der Waals surface area (Å²) >= 11 is 0. The highest BCUT2D eigenvalue weighted by Crippen LogP contribution is 2.26. The molecule has 24 heavy (non-hydrogen) atoms. The summed E-state index contributed by atoms with van der Waals surface area (Å²) in [7, 11) is 0. The Labute approximate surface area is 143 Å². The van der Waals surface area contributed by atoms with Crippen LogP contribution in [-0.4, -0.2) is 23.1 Å². The number of carbonyl (C=O) groups excluding carboxylic acids is 1. The van der Waals surface area contributed by atoms with Crippen LogP contribution in [0.15, 0.2) is 24.3 Å². The lowest BCUT2D eigenvalue weighted by molar-refractivity contribution is -0.138. The third-order valence-electron chi connectivity index (χ3n) is 4.33. The van der Waals surface area contributed by atoms with E-state index in [1.807, 2.05) is 38.1 Å². The van der Waals surface area contributed by atoms with Crippen molar-refractivity contribution in [3.63, 3.8) is 0 Å². The van der Waals surface area contributed by atoms with Gasteiger partial charge in [0, 0.05) is 5.92 Å². The number of hydrogen-bond donors (Lipinski definition) is 2. The molecule has 1 unspecified atom stereocenters. The first-order chi connectivity index (χ1) is 11.5. The minimum absolute atomic E-state index is 0.0126. The Bertz CT molecular complexity index is 547. The molecule has 0 saturated heterocycles. The zero-order valence-corrected chi connectivity index (χ0v) is 14.5. The van der Waals surface area contributed by atoms with E-state index in [4.69, 9.17) is 9.84 Å². The van der Waals surface area contributed by atoms with Crippen LogP contribution in [0.2, 0.25) is 0 Å². The van der Waals surface area contributed by atoms with Crippen molar-refractivity contribution < 1.29 is 19.4 Å². The number of hydrogen-bond acceptors (Lipinski definition) is 3. The van der Waals surface area contributed by atoms with Crippen LogP contribution < -0.4 is 10.1 Å². The van der Waals surface area contributed by atoms with E-state index in [0.717, 1.165) is 37.0 Å². The van der Waals surface area contributed by atoms with Crippen LogP contribution in [-0.2, 0) is 9.59 Å². The Kier molecular flexibility index (Phi) is 6.64. The summed E-state index contributed by atoms with van der Waals surface area (Å²) in [6.45, 7) is 3.90. The van der Waals surface area contributed by atoms with Gasteiger partial charge in [-0.3, -0.25) is 9.59 Å². The average molecular weight is 333 g/mol. The van der Waals surface area contributed by atoms with Crippen molar-refractivity contribution in [3.05, 3.63) is 29.8 Å². The van der Waals surface area contributed by atoms with Crippen molar-refractivity contribution in [1.29, 1.82) is 0 Å². The summed E-state index contributed by atoms with van der Waals surface area (Å²) in [6, 6.07) is 6.78. The van der Waals surface area contributed by atoms with Crippen LogP contribution in [0.5, 0.6) is 5.75 Å². The predicted molar refractivity (Wildman–Crippen MR) is 91.9 cm³/mol. The van der Waals surface area contributed by atoms with Gasteiger partial charge in [0.2, 0.25) is 5.91 Å². The lowest BCUT2D eigenvalue weighted by Gasteiger charge is -2.24. The van der Waals surface area contributed by atoms with Gasteiger partial charge in [0.1, 0.15) is 5.75 Å². The van der Waals surface area contributed by atoms with Crippen LogP contribution in [0.3, 0.4) is 0 Å². The van der Waals surface area contributed by atoms with Crippen LogP contribution in [0.25, 0.3) is 0 Å². The van der Waals surface area contributed by atoms with E-state index in [9.17, 15) is 9.59 Å². The molecule has 0 radical (unpaired) electrons. The molecule has 5 heteroatoms. The van der Waals surface area contributed by atoms with Gasteiger partial charge in [0.15, 0.2) is 0 Å². The second-order valence-electron chi connectivity index (χ2n) is 6.73. The summed E-state index contributed by atoms with van der Waals surface area (Å²) in [6.07, 6.45) is 5.07. The molecule has 132 valence electrons. The number of ether oxygens (including phenoxy) is 1. The van der Waals surface area contributed by atoms with Gasteiger partial charge in [0.25, 0.3) is 0 Å². The third-order valence-corrected chi connectivity index (χ3v) is 4.33. The molecule has 1 aromatic rings. The normalized spacial score (nSPS) is 16.6. The van der Waals surface area contributed by atoms with Crippen LogP contribution in [0, 0.1) is 5.92 Å². The minimum Gasteiger partial charge on any atom is -0.491 e. The number of carbonyl (C=O) groups is 2. The highest BCUT2D eigenvalue weighted by Gasteiger charge is 2.25. The SMILES string of the molecule is CC(C)Oc1ccc(C(CC(=O)O)NC(=O)C2CCCCC2)cc1. The Morgan fingerprint density at radius 2 is 1.79 bits per heavy atom. The summed E-state index contributed by atoms with van der Waals surface area (Å²) in [4.78, 5) is 23.6. The zero-order valence-electron chi connectivity index (χ0n) is 14.5. The predicted octanol–water partition coefficient (Wildman–Crippen LogP) is 3.69. The number of aliphatic carboxylic acids is 1. The average Bonchev–Trinajstić information content (AvgIpc) is 2.55. The van der Waals surface area contributed by atoms with Crippen molar-refractivity contribution >= 4 is 11.9 Å². The lowest BCUT2D eigenvalue weighted by Crippen LogP contribution is -2.35. The molecule has 2 rings (SSSR count). The molecular formula is C19H27NO4. The van der Waals surface area contributed by atoms with E-state index >= 15 is 0 Å². The third kappa shape index (κ3) is 5.55. The van der Waals surface area contributed by atoms with E-state index < -0.39 is 12.0 Å². The summed E-state index contributed by atoms with van der Waals surface area (Å²) in [5, 5.41) is 12.1. The fourth-order valence-corrected chi connectivity index (χ4v) is 3.13. The number of amides is 1. The summed E-state index contributed by atoms with van der Waals surface area (Å²) in [5.74, 6) is -0.199. The fraction of sp³-hybridized carbons (Fsp3) is 0.579. The Morgan fingerprint density at radius 3 is 2.33 bits per heavy atom. The largest absolute Gasteiger partial charge is 0.491 e. The van der Waals surface area contributed by atoms with Crippen LogP contribution >= 0.6 is 0 Å². The molecule has 2 N–H and O–H groups in total. The van der Waals surface area contributed by atoms with Crippen molar-refractivity contribution in [1.82, 2.24) is 5.32 Å². The van der Waals surface area contributed by atoms with Crippen LogP contribution in [0.1, 0.15) is 64.0 Å². The van der Waals surface area contributed by atoms with Crippen LogP contribution in [0.4, 0.5) is 0 Å². The maximum Gasteiger partial charge on any atom is 0.305 e. The van der Waals surface area contributed by atoms with Gasteiger partial charge in [0.05, 0.1) is 18.6 Å². The number of benzene rings is 1. The molecule has 1 atom stereocenters. The maximum atomic E-state index is 12.4.